The fourth-order valence-corrected chi connectivity index (χ4v) is 13.5. The van der Waals surface area contributed by atoms with Gasteiger partial charge in [-0.3, -0.25) is 37.3 Å². The Morgan fingerprint density at radius 1 is 0.281 bits per heavy atom. The Balaban J connectivity index is 5.19. The van der Waals surface area contributed by atoms with E-state index in [0.29, 0.717) is 25.7 Å². The number of hydrogen-bond acceptors (Lipinski definition) is 15. The van der Waals surface area contributed by atoms with Crippen LogP contribution >= 0.6 is 15.6 Å². The summed E-state index contributed by atoms with van der Waals surface area (Å²) in [6.45, 7) is 7.30. The topological polar surface area (TPSA) is 237 Å². The van der Waals surface area contributed by atoms with Crippen molar-refractivity contribution in [3.8, 4) is 0 Å². The van der Waals surface area contributed by atoms with Gasteiger partial charge < -0.3 is 33.8 Å². The predicted molar refractivity (Wildman–Crippen MR) is 391 cm³/mol. The average molecular weight is 1410 g/mol. The molecule has 5 atom stereocenters. The molecule has 0 aromatic carbocycles. The zero-order valence-corrected chi connectivity index (χ0v) is 64.3. The number of aliphatic hydroxyl groups excluding tert-OH is 1. The molecule has 0 aromatic rings. The molecular weight excluding hydrogens is 1260 g/mol. The largest absolute Gasteiger partial charge is 0.472 e. The number of esters is 4. The number of carbonyl (C=O) groups excluding carboxylic acids is 4. The fourth-order valence-electron chi connectivity index (χ4n) is 11.9. The molecule has 19 heteroatoms. The molecule has 0 rings (SSSR count). The molecular formula is C77H150O17P2. The Morgan fingerprint density at radius 3 is 0.708 bits per heavy atom. The summed E-state index contributed by atoms with van der Waals surface area (Å²) in [5, 5.41) is 10.6. The first kappa shape index (κ1) is 94.1. The summed E-state index contributed by atoms with van der Waals surface area (Å²) in [5.41, 5.74) is 0. The van der Waals surface area contributed by atoms with Gasteiger partial charge in [-0.2, -0.15) is 0 Å². The van der Waals surface area contributed by atoms with Crippen LogP contribution in [0.1, 0.15) is 407 Å². The molecule has 2 unspecified atom stereocenters. The second-order valence-corrected chi connectivity index (χ2v) is 31.1. The van der Waals surface area contributed by atoms with Crippen molar-refractivity contribution in [3.05, 3.63) is 0 Å². The number of carbonyl (C=O) groups is 4. The van der Waals surface area contributed by atoms with Crippen molar-refractivity contribution in [2.75, 3.05) is 39.6 Å². The number of ether oxygens (including phenoxy) is 4. The lowest BCUT2D eigenvalue weighted by Gasteiger charge is -2.21. The van der Waals surface area contributed by atoms with Gasteiger partial charge in [-0.25, -0.2) is 9.13 Å². The monoisotopic (exact) mass is 1410 g/mol. The number of unbranched alkanes of at least 4 members (excludes halogenated alkanes) is 49. The van der Waals surface area contributed by atoms with Crippen molar-refractivity contribution in [2.45, 2.75) is 425 Å². The molecule has 0 saturated heterocycles. The van der Waals surface area contributed by atoms with E-state index in [0.717, 1.165) is 102 Å². The molecule has 96 heavy (non-hydrogen) atoms. The number of aliphatic hydroxyl groups is 1. The number of phosphoric ester groups is 2. The lowest BCUT2D eigenvalue weighted by atomic mass is 10.0. The third kappa shape index (κ3) is 70.5. The molecule has 0 radical (unpaired) electrons. The van der Waals surface area contributed by atoms with Crippen LogP contribution in [0.2, 0.25) is 0 Å². The van der Waals surface area contributed by atoms with Crippen LogP contribution in [0.4, 0.5) is 0 Å². The minimum absolute atomic E-state index is 0.107. The van der Waals surface area contributed by atoms with Crippen LogP contribution in [-0.4, -0.2) is 96.7 Å². The Hall–Kier alpha value is -1.94. The van der Waals surface area contributed by atoms with E-state index >= 15 is 0 Å². The van der Waals surface area contributed by atoms with Gasteiger partial charge in [0.25, 0.3) is 0 Å². The Bertz CT molecular complexity index is 1840. The van der Waals surface area contributed by atoms with Crippen LogP contribution in [-0.2, 0) is 65.4 Å². The van der Waals surface area contributed by atoms with Crippen molar-refractivity contribution in [3.63, 3.8) is 0 Å². The van der Waals surface area contributed by atoms with Crippen molar-refractivity contribution in [1.82, 2.24) is 0 Å². The van der Waals surface area contributed by atoms with Gasteiger partial charge >= 0.3 is 39.5 Å². The Labute approximate surface area is 588 Å². The Kier molecular flexibility index (Phi) is 68.7. The maximum Gasteiger partial charge on any atom is 0.472 e. The molecule has 3 N–H and O–H groups in total. The van der Waals surface area contributed by atoms with E-state index in [1.54, 1.807) is 0 Å². The van der Waals surface area contributed by atoms with Crippen LogP contribution in [0.5, 0.6) is 0 Å². The first-order valence-electron chi connectivity index (χ1n) is 40.1. The SMILES string of the molecule is CCCCCCCCCCCCCCCCCCCCC(=O)OC[C@H](COP(=O)(O)OC[C@@H](O)COP(=O)(O)OC[C@@H](COC(=O)CCCCCCCCCC)OC(=O)CCCCCCCCCCCCC)OC(=O)CCCCCCCCCCCCCCCCCCC(C)C. The Morgan fingerprint density at radius 2 is 0.479 bits per heavy atom. The third-order valence-corrected chi connectivity index (χ3v) is 19.9. The molecule has 0 bridgehead atoms. The van der Waals surface area contributed by atoms with Crippen LogP contribution in [0.25, 0.3) is 0 Å². The number of rotatable bonds is 77. The van der Waals surface area contributed by atoms with Crippen molar-refractivity contribution >= 4 is 39.5 Å². The maximum absolute atomic E-state index is 13.1. The predicted octanol–water partition coefficient (Wildman–Crippen LogP) is 22.9. The van der Waals surface area contributed by atoms with Gasteiger partial charge in [-0.1, -0.05) is 356 Å². The lowest BCUT2D eigenvalue weighted by molar-refractivity contribution is -0.161. The number of phosphoric acid groups is 2. The summed E-state index contributed by atoms with van der Waals surface area (Å²) < 4.78 is 68.5. The summed E-state index contributed by atoms with van der Waals surface area (Å²) in [5.74, 6) is -1.31. The second kappa shape index (κ2) is 70.1. The smallest absolute Gasteiger partial charge is 0.462 e. The summed E-state index contributed by atoms with van der Waals surface area (Å²) in [6.07, 6.45) is 59.7. The zero-order valence-electron chi connectivity index (χ0n) is 62.5. The van der Waals surface area contributed by atoms with Gasteiger partial charge in [0.2, 0.25) is 0 Å². The molecule has 0 saturated carbocycles. The standard InChI is InChI=1S/C77H150O17P2/c1-6-9-12-15-18-21-23-24-25-26-27-31-34-38-41-46-51-56-61-75(80)88-67-73(94-77(82)63-58-53-48-43-39-35-32-29-28-30-33-37-40-44-49-54-59-70(4)5)69-92-96(85,86)90-65-71(78)64-89-95(83,84)91-68-72(66-87-74(79)60-55-50-45-20-17-14-11-8-3)93-76(81)62-57-52-47-42-36-22-19-16-13-10-7-2/h70-73,78H,6-69H2,1-5H3,(H,83,84)(H,85,86)/t71-,72+,73+/m0/s1. The van der Waals surface area contributed by atoms with E-state index in [4.69, 9.17) is 37.0 Å². The summed E-state index contributed by atoms with van der Waals surface area (Å²) in [7, 11) is -9.91. The normalized spacial score (nSPS) is 13.9. The van der Waals surface area contributed by atoms with E-state index < -0.39 is 97.5 Å². The van der Waals surface area contributed by atoms with Crippen molar-refractivity contribution < 1.29 is 80.2 Å². The molecule has 0 fully saturated rings. The summed E-state index contributed by atoms with van der Waals surface area (Å²) in [4.78, 5) is 72.7. The highest BCUT2D eigenvalue weighted by molar-refractivity contribution is 7.47. The van der Waals surface area contributed by atoms with Crippen molar-refractivity contribution in [1.29, 1.82) is 0 Å². The van der Waals surface area contributed by atoms with Crippen LogP contribution in [0, 0.1) is 5.92 Å². The van der Waals surface area contributed by atoms with Crippen LogP contribution in [0.15, 0.2) is 0 Å². The van der Waals surface area contributed by atoms with E-state index in [1.807, 2.05) is 0 Å². The fraction of sp³-hybridized carbons (Fsp3) is 0.948. The highest BCUT2D eigenvalue weighted by Crippen LogP contribution is 2.45. The van der Waals surface area contributed by atoms with Gasteiger partial charge in [-0.05, 0) is 31.6 Å². The maximum atomic E-state index is 13.1. The van der Waals surface area contributed by atoms with Crippen molar-refractivity contribution in [2.24, 2.45) is 5.92 Å². The van der Waals surface area contributed by atoms with Gasteiger partial charge in [0.1, 0.15) is 19.3 Å². The molecule has 0 amide bonds. The van der Waals surface area contributed by atoms with Crippen LogP contribution < -0.4 is 0 Å². The quantitative estimate of drug-likeness (QED) is 0.0222. The zero-order chi connectivity index (χ0) is 70.5. The minimum Gasteiger partial charge on any atom is -0.462 e. The minimum atomic E-state index is -4.96. The van der Waals surface area contributed by atoms with Crippen LogP contribution in [0.3, 0.4) is 0 Å². The highest BCUT2D eigenvalue weighted by atomic mass is 31.2. The molecule has 0 spiro atoms. The van der Waals surface area contributed by atoms with E-state index in [2.05, 4.69) is 34.6 Å². The average Bonchev–Trinajstić information content (AvgIpc) is 1.18. The van der Waals surface area contributed by atoms with E-state index in [-0.39, 0.29) is 25.7 Å². The van der Waals surface area contributed by atoms with Gasteiger partial charge in [0.15, 0.2) is 12.2 Å². The first-order valence-corrected chi connectivity index (χ1v) is 43.1. The molecule has 17 nitrogen and oxygen atoms in total. The molecule has 570 valence electrons. The molecule has 0 aliphatic heterocycles. The summed E-state index contributed by atoms with van der Waals surface area (Å²) >= 11 is 0. The van der Waals surface area contributed by atoms with E-state index in [9.17, 15) is 43.2 Å². The first-order chi connectivity index (χ1) is 46.5. The van der Waals surface area contributed by atoms with E-state index in [1.165, 1.54) is 225 Å². The number of hydrogen-bond donors (Lipinski definition) is 3. The summed E-state index contributed by atoms with van der Waals surface area (Å²) in [6, 6.07) is 0. The lowest BCUT2D eigenvalue weighted by Crippen LogP contribution is -2.30. The molecule has 0 heterocycles. The highest BCUT2D eigenvalue weighted by Gasteiger charge is 2.30. The third-order valence-electron chi connectivity index (χ3n) is 18.0. The second-order valence-electron chi connectivity index (χ2n) is 28.2. The van der Waals surface area contributed by atoms with Gasteiger partial charge in [0, 0.05) is 25.7 Å². The van der Waals surface area contributed by atoms with Gasteiger partial charge in [-0.15, -0.1) is 0 Å². The molecule has 0 aromatic heterocycles. The van der Waals surface area contributed by atoms with Gasteiger partial charge in [0.05, 0.1) is 26.4 Å². The molecule has 0 aliphatic rings. The molecule has 0 aliphatic carbocycles.